The first kappa shape index (κ1) is 46.0. The lowest BCUT2D eigenvalue weighted by atomic mass is 9.95. The van der Waals surface area contributed by atoms with Crippen LogP contribution in [0.1, 0.15) is 0 Å². The molecule has 0 aromatic heterocycles. The van der Waals surface area contributed by atoms with Gasteiger partial charge in [0.2, 0.25) is 0 Å². The third kappa shape index (κ3) is 9.16. The van der Waals surface area contributed by atoms with Crippen molar-refractivity contribution in [3.63, 3.8) is 0 Å². The molecule has 0 aromatic carbocycles. The molecule has 5 fully saturated rings. The number of aliphatic hydroxyl groups excluding tert-OH is 17. The summed E-state index contributed by atoms with van der Waals surface area (Å²) in [6.07, 6.45) is -45.8. The van der Waals surface area contributed by atoms with E-state index in [1.54, 1.807) is 0 Å². The van der Waals surface area contributed by atoms with Crippen LogP contribution in [0.4, 0.5) is 0 Å². The number of aliphatic hydroxyl groups is 17. The van der Waals surface area contributed by atoms with Crippen LogP contribution >= 0.6 is 0 Å². The highest BCUT2D eigenvalue weighted by molar-refractivity contribution is 4.99. The smallest absolute Gasteiger partial charge is 0.187 e. The lowest BCUT2D eigenvalue weighted by Crippen LogP contribution is -2.68. The summed E-state index contributed by atoms with van der Waals surface area (Å²) in [7, 11) is 0. The van der Waals surface area contributed by atoms with Gasteiger partial charge in [-0.25, -0.2) is 0 Å². The average Bonchev–Trinajstić information content (AvgIpc) is 3.19. The summed E-state index contributed by atoms with van der Waals surface area (Å²) >= 11 is 0. The van der Waals surface area contributed by atoms with Gasteiger partial charge < -0.3 is 129 Å². The van der Waals surface area contributed by atoms with E-state index in [-0.39, 0.29) is 0 Å². The van der Waals surface area contributed by atoms with Crippen LogP contribution in [0.25, 0.3) is 0 Å². The first-order valence-corrected chi connectivity index (χ1v) is 17.6. The van der Waals surface area contributed by atoms with E-state index in [1.807, 2.05) is 0 Å². The Hall–Kier alpha value is -1.04. The van der Waals surface area contributed by atoms with Crippen LogP contribution < -0.4 is 0 Å². The van der Waals surface area contributed by atoms with Crippen molar-refractivity contribution in [2.75, 3.05) is 33.0 Å². The molecule has 0 bridgehead atoms. The summed E-state index contributed by atoms with van der Waals surface area (Å²) in [5, 5.41) is 176. The highest BCUT2D eigenvalue weighted by Gasteiger charge is 2.56. The van der Waals surface area contributed by atoms with E-state index in [2.05, 4.69) is 0 Å². The molecular formula is C30H52O26. The van der Waals surface area contributed by atoms with Crippen molar-refractivity contribution in [3.05, 3.63) is 0 Å². The molecule has 0 saturated carbocycles. The molecular weight excluding hydrogens is 776 g/mol. The molecule has 25 atom stereocenters. The maximum absolute atomic E-state index is 11.1. The van der Waals surface area contributed by atoms with Gasteiger partial charge in [-0.1, -0.05) is 0 Å². The Morgan fingerprint density at radius 1 is 0.268 bits per heavy atom. The largest absolute Gasteiger partial charge is 0.394 e. The summed E-state index contributed by atoms with van der Waals surface area (Å²) in [6.45, 7) is -4.51. The fourth-order valence-electron chi connectivity index (χ4n) is 7.03. The molecule has 26 nitrogen and oxygen atoms in total. The topological polar surface area (TPSA) is 427 Å². The van der Waals surface area contributed by atoms with Crippen molar-refractivity contribution in [3.8, 4) is 0 Å². The SMILES string of the molecule is OC[C@@H]1O[C@H](O)[C@H](O)[C@H](O)[C@@H]1O[C@@H]1O[C@H](CO)[C@H](O[C@@H]2O[C@H](CO)[C@H](O[C@@H]3O[C@H](CO)[C@H](O[C@@H]4O[C@H](CO)[C@@H](O)[C@H](O)[C@@H]4O)[C@H](O)[C@@H]3O)[C@H](O)[C@@H]2O)[C@H](O)[C@@H]1O. The van der Waals surface area contributed by atoms with Gasteiger partial charge >= 0.3 is 0 Å². The molecule has 5 rings (SSSR count). The van der Waals surface area contributed by atoms with Gasteiger partial charge in [-0.15, -0.1) is 0 Å². The van der Waals surface area contributed by atoms with Crippen LogP contribution in [0.15, 0.2) is 0 Å². The summed E-state index contributed by atoms with van der Waals surface area (Å²) in [5.74, 6) is 0. The van der Waals surface area contributed by atoms with Crippen LogP contribution in [-0.4, -0.2) is 273 Å². The maximum atomic E-state index is 11.1. The van der Waals surface area contributed by atoms with Gasteiger partial charge in [0.1, 0.15) is 122 Å². The molecule has 0 amide bonds. The van der Waals surface area contributed by atoms with Crippen molar-refractivity contribution in [1.29, 1.82) is 0 Å². The Morgan fingerprint density at radius 2 is 0.518 bits per heavy atom. The fraction of sp³-hybridized carbons (Fsp3) is 1.00. The van der Waals surface area contributed by atoms with E-state index in [0.29, 0.717) is 0 Å². The maximum Gasteiger partial charge on any atom is 0.187 e. The lowest BCUT2D eigenvalue weighted by Gasteiger charge is -2.49. The minimum atomic E-state index is -2.12. The van der Waals surface area contributed by atoms with Crippen molar-refractivity contribution < 1.29 is 129 Å². The Balaban J connectivity index is 1.22. The molecule has 56 heavy (non-hydrogen) atoms. The Labute approximate surface area is 316 Å². The van der Waals surface area contributed by atoms with E-state index >= 15 is 0 Å². The van der Waals surface area contributed by atoms with Crippen molar-refractivity contribution >= 4 is 0 Å². The zero-order valence-electron chi connectivity index (χ0n) is 29.2. The number of rotatable bonds is 13. The summed E-state index contributed by atoms with van der Waals surface area (Å²) in [4.78, 5) is 0. The predicted molar refractivity (Wildman–Crippen MR) is 167 cm³/mol. The van der Waals surface area contributed by atoms with Crippen molar-refractivity contribution in [2.24, 2.45) is 0 Å². The molecule has 5 heterocycles. The van der Waals surface area contributed by atoms with E-state index in [4.69, 9.17) is 42.6 Å². The van der Waals surface area contributed by atoms with Crippen LogP contribution in [0, 0.1) is 0 Å². The monoisotopic (exact) mass is 828 g/mol. The van der Waals surface area contributed by atoms with E-state index < -0.39 is 187 Å². The van der Waals surface area contributed by atoms with Gasteiger partial charge in [0.25, 0.3) is 0 Å². The van der Waals surface area contributed by atoms with Crippen LogP contribution in [0.3, 0.4) is 0 Å². The zero-order chi connectivity index (χ0) is 41.3. The molecule has 5 aliphatic heterocycles. The molecule has 328 valence electrons. The third-order valence-electron chi connectivity index (χ3n) is 10.3. The van der Waals surface area contributed by atoms with Gasteiger partial charge in [0.15, 0.2) is 31.5 Å². The lowest BCUT2D eigenvalue weighted by molar-refractivity contribution is -0.392. The van der Waals surface area contributed by atoms with Crippen molar-refractivity contribution in [2.45, 2.75) is 154 Å². The van der Waals surface area contributed by atoms with Gasteiger partial charge in [0.05, 0.1) is 33.0 Å². The van der Waals surface area contributed by atoms with Gasteiger partial charge in [-0.05, 0) is 0 Å². The molecule has 17 N–H and O–H groups in total. The van der Waals surface area contributed by atoms with E-state index in [0.717, 1.165) is 0 Å². The van der Waals surface area contributed by atoms with Crippen LogP contribution in [0.5, 0.6) is 0 Å². The van der Waals surface area contributed by atoms with Crippen LogP contribution in [-0.2, 0) is 42.6 Å². The molecule has 0 spiro atoms. The number of ether oxygens (including phenoxy) is 9. The number of hydrogen-bond donors (Lipinski definition) is 17. The average molecular weight is 829 g/mol. The Kier molecular flexibility index (Phi) is 16.1. The summed E-state index contributed by atoms with van der Waals surface area (Å²) < 4.78 is 49.1. The van der Waals surface area contributed by atoms with E-state index in [9.17, 15) is 86.8 Å². The van der Waals surface area contributed by atoms with E-state index in [1.165, 1.54) is 0 Å². The molecule has 26 heteroatoms. The standard InChI is InChI=1S/C30H52O26/c31-1-6-11(36)12(37)18(43)27(49-6)54-23-8(3-33)51-29(20(45)14(23)39)56-25-10(5-35)52-30(21(46)16(25)41)55-24-9(4-34)50-28(19(44)15(24)40)53-22-7(2-32)48-26(47)17(42)13(22)38/h6-47H,1-5H2/t6-,7+,8-,9-,10-,11-,12+,13+,14-,15-,16-,17-,18+,19+,20+,21+,22-,23+,24+,25+,26+,27+,28+,29+,30+/m1/s1. The predicted octanol–water partition coefficient (Wildman–Crippen LogP) is -11.9. The molecule has 5 aliphatic rings. The third-order valence-corrected chi connectivity index (χ3v) is 10.3. The highest BCUT2D eigenvalue weighted by Crippen LogP contribution is 2.35. The molecule has 0 radical (unpaired) electrons. The minimum Gasteiger partial charge on any atom is -0.394 e. The molecule has 0 aliphatic carbocycles. The normalized spacial score (nSPS) is 53.2. The summed E-state index contributed by atoms with van der Waals surface area (Å²) in [6, 6.07) is 0. The van der Waals surface area contributed by atoms with Gasteiger partial charge in [-0.3, -0.25) is 0 Å². The molecule has 5 saturated heterocycles. The first-order valence-electron chi connectivity index (χ1n) is 17.6. The highest BCUT2D eigenvalue weighted by atomic mass is 16.8. The molecule has 0 unspecified atom stereocenters. The second-order valence-corrected chi connectivity index (χ2v) is 13.9. The van der Waals surface area contributed by atoms with Crippen LogP contribution in [0.2, 0.25) is 0 Å². The second kappa shape index (κ2) is 19.6. The minimum absolute atomic E-state index is 0.811. The first-order chi connectivity index (χ1) is 26.5. The van der Waals surface area contributed by atoms with Gasteiger partial charge in [0, 0.05) is 0 Å². The molecule has 0 aromatic rings. The Morgan fingerprint density at radius 3 is 0.821 bits per heavy atom. The quantitative estimate of drug-likeness (QED) is 0.0819. The van der Waals surface area contributed by atoms with Crippen molar-refractivity contribution in [1.82, 2.24) is 0 Å². The summed E-state index contributed by atoms with van der Waals surface area (Å²) in [5.41, 5.74) is 0. The Bertz CT molecular complexity index is 1200. The second-order valence-electron chi connectivity index (χ2n) is 13.9. The fourth-order valence-corrected chi connectivity index (χ4v) is 7.03. The van der Waals surface area contributed by atoms with Gasteiger partial charge in [-0.2, -0.15) is 0 Å². The zero-order valence-corrected chi connectivity index (χ0v) is 29.2. The number of hydrogen-bond acceptors (Lipinski definition) is 26.